The van der Waals surface area contributed by atoms with Gasteiger partial charge >= 0.3 is 0 Å². The Balaban J connectivity index is 1.33. The lowest BCUT2D eigenvalue weighted by Crippen LogP contribution is -3.15. The zero-order valence-corrected chi connectivity index (χ0v) is 17.8. The van der Waals surface area contributed by atoms with Gasteiger partial charge in [-0.25, -0.2) is 4.98 Å². The summed E-state index contributed by atoms with van der Waals surface area (Å²) in [5.74, 6) is 0. The van der Waals surface area contributed by atoms with Crippen molar-refractivity contribution < 1.29 is 4.90 Å². The van der Waals surface area contributed by atoms with Crippen molar-refractivity contribution in [2.24, 2.45) is 0 Å². The second-order valence-electron chi connectivity index (χ2n) is 7.78. The molecule has 30 heavy (non-hydrogen) atoms. The molecule has 1 fully saturated rings. The first-order valence-electron chi connectivity index (χ1n) is 10.6. The van der Waals surface area contributed by atoms with Gasteiger partial charge in [0.1, 0.15) is 6.04 Å². The smallest absolute Gasteiger partial charge is 0.186 e. The molecule has 0 spiro atoms. The van der Waals surface area contributed by atoms with E-state index in [1.807, 2.05) is 0 Å². The second kappa shape index (κ2) is 8.82. The molecule has 4 heteroatoms. The molecule has 150 valence electrons. The number of hydrogen-bond acceptors (Lipinski definition) is 3. The van der Waals surface area contributed by atoms with E-state index in [0.29, 0.717) is 6.04 Å². The first kappa shape index (κ1) is 19.0. The minimum atomic E-state index is 0.380. The number of rotatable bonds is 5. The number of nitrogens with zero attached hydrogens (tertiary/aromatic N) is 2. The van der Waals surface area contributed by atoms with E-state index in [4.69, 9.17) is 4.98 Å². The molecule has 3 aromatic carbocycles. The lowest BCUT2D eigenvalue weighted by atomic mass is 9.96. The number of piperazine rings is 1. The summed E-state index contributed by atoms with van der Waals surface area (Å²) in [7, 11) is 0. The second-order valence-corrected chi connectivity index (χ2v) is 8.62. The van der Waals surface area contributed by atoms with Gasteiger partial charge in [-0.15, -0.1) is 11.3 Å². The van der Waals surface area contributed by atoms with Gasteiger partial charge in [-0.1, -0.05) is 91.0 Å². The summed E-state index contributed by atoms with van der Waals surface area (Å²) in [5.41, 5.74) is 5.06. The Morgan fingerprint density at radius 3 is 1.83 bits per heavy atom. The van der Waals surface area contributed by atoms with E-state index >= 15 is 0 Å². The highest BCUT2D eigenvalue weighted by Crippen LogP contribution is 2.27. The van der Waals surface area contributed by atoms with Crippen LogP contribution in [0.1, 0.15) is 17.2 Å². The minimum Gasteiger partial charge on any atom is -0.337 e. The Morgan fingerprint density at radius 1 is 0.733 bits per heavy atom. The normalized spacial score (nSPS) is 14.9. The van der Waals surface area contributed by atoms with E-state index in [1.165, 1.54) is 16.7 Å². The Kier molecular flexibility index (Phi) is 5.60. The predicted molar refractivity (Wildman–Crippen MR) is 125 cm³/mol. The minimum absolute atomic E-state index is 0.380. The van der Waals surface area contributed by atoms with Crippen LogP contribution in [0.4, 0.5) is 5.13 Å². The Bertz CT molecular complexity index is 1020. The van der Waals surface area contributed by atoms with E-state index in [1.54, 1.807) is 16.2 Å². The fourth-order valence-electron chi connectivity index (χ4n) is 4.38. The zero-order valence-electron chi connectivity index (χ0n) is 16.9. The number of quaternary nitrogens is 1. The molecule has 1 saturated heterocycles. The number of thiazole rings is 1. The van der Waals surface area contributed by atoms with Crippen molar-refractivity contribution in [3.8, 4) is 11.3 Å². The maximum Gasteiger partial charge on any atom is 0.186 e. The molecule has 0 saturated carbocycles. The molecule has 1 aliphatic rings. The molecule has 0 atom stereocenters. The quantitative estimate of drug-likeness (QED) is 0.527. The molecule has 0 unspecified atom stereocenters. The van der Waals surface area contributed by atoms with Crippen LogP contribution in [0.5, 0.6) is 0 Å². The van der Waals surface area contributed by atoms with Gasteiger partial charge in [0, 0.05) is 22.1 Å². The molecule has 3 nitrogen and oxygen atoms in total. The van der Waals surface area contributed by atoms with Crippen LogP contribution in [0.2, 0.25) is 0 Å². The lowest BCUT2D eigenvalue weighted by molar-refractivity contribution is -0.926. The number of aromatic nitrogens is 1. The van der Waals surface area contributed by atoms with Crippen LogP contribution in [-0.4, -0.2) is 31.2 Å². The van der Waals surface area contributed by atoms with Crippen LogP contribution in [-0.2, 0) is 0 Å². The molecular weight excluding hydrogens is 386 g/mol. The average molecular weight is 413 g/mol. The first-order chi connectivity index (χ1) is 14.9. The van der Waals surface area contributed by atoms with Gasteiger partial charge in [-0.2, -0.15) is 0 Å². The molecule has 4 aromatic rings. The molecule has 0 radical (unpaired) electrons. The third kappa shape index (κ3) is 4.02. The fraction of sp³-hybridized carbons (Fsp3) is 0.192. The highest BCUT2D eigenvalue weighted by molar-refractivity contribution is 7.14. The molecule has 0 bridgehead atoms. The van der Waals surface area contributed by atoms with E-state index in [0.717, 1.165) is 37.0 Å². The van der Waals surface area contributed by atoms with E-state index in [9.17, 15) is 0 Å². The highest BCUT2D eigenvalue weighted by atomic mass is 32.1. The topological polar surface area (TPSA) is 20.6 Å². The van der Waals surface area contributed by atoms with Gasteiger partial charge in [0.05, 0.1) is 31.9 Å². The largest absolute Gasteiger partial charge is 0.337 e. The average Bonchev–Trinajstić information content (AvgIpc) is 3.32. The van der Waals surface area contributed by atoms with E-state index in [-0.39, 0.29) is 0 Å². The van der Waals surface area contributed by atoms with Crippen molar-refractivity contribution in [1.29, 1.82) is 0 Å². The molecule has 1 aromatic heterocycles. The molecule has 0 aliphatic carbocycles. The summed E-state index contributed by atoms with van der Waals surface area (Å²) in [5, 5.41) is 3.32. The Labute approximate surface area is 182 Å². The Hall–Kier alpha value is -2.95. The van der Waals surface area contributed by atoms with Gasteiger partial charge in [-0.3, -0.25) is 0 Å². The highest BCUT2D eigenvalue weighted by Gasteiger charge is 2.30. The maximum atomic E-state index is 4.93. The van der Waals surface area contributed by atoms with Crippen molar-refractivity contribution in [1.82, 2.24) is 4.98 Å². The summed E-state index contributed by atoms with van der Waals surface area (Å²) in [4.78, 5) is 9.01. The van der Waals surface area contributed by atoms with Crippen LogP contribution in [0.25, 0.3) is 11.3 Å². The van der Waals surface area contributed by atoms with Gasteiger partial charge in [0.25, 0.3) is 0 Å². The van der Waals surface area contributed by atoms with E-state index < -0.39 is 0 Å². The molecule has 1 aliphatic heterocycles. The Morgan fingerprint density at radius 2 is 1.27 bits per heavy atom. The molecule has 1 N–H and O–H groups in total. The lowest BCUT2D eigenvalue weighted by Gasteiger charge is -2.37. The van der Waals surface area contributed by atoms with Gasteiger partial charge in [0.2, 0.25) is 0 Å². The zero-order chi connectivity index (χ0) is 20.2. The standard InChI is InChI=1S/C26H25N3S/c1-4-10-21(11-5-1)24-20-30-26(27-24)29-18-16-28(17-19-29)25(22-12-6-2-7-13-22)23-14-8-3-9-15-23/h1-15,20,25H,16-19H2/p+1. The van der Waals surface area contributed by atoms with Crippen LogP contribution < -0.4 is 9.80 Å². The third-order valence-corrected chi connectivity index (χ3v) is 6.81. The van der Waals surface area contributed by atoms with E-state index in [2.05, 4.69) is 101 Å². The van der Waals surface area contributed by atoms with Crippen molar-refractivity contribution in [3.63, 3.8) is 0 Å². The number of benzene rings is 3. The number of anilines is 1. The molecule has 2 heterocycles. The van der Waals surface area contributed by atoms with Crippen molar-refractivity contribution in [2.75, 3.05) is 31.1 Å². The molecule has 0 amide bonds. The predicted octanol–water partition coefficient (Wildman–Crippen LogP) is 4.30. The van der Waals surface area contributed by atoms with Crippen molar-refractivity contribution in [3.05, 3.63) is 108 Å². The number of hydrogen-bond donors (Lipinski definition) is 1. The van der Waals surface area contributed by atoms with Crippen LogP contribution >= 0.6 is 11.3 Å². The summed E-state index contributed by atoms with van der Waals surface area (Å²) < 4.78 is 0. The van der Waals surface area contributed by atoms with Gasteiger partial charge in [0.15, 0.2) is 5.13 Å². The molecule has 5 rings (SSSR count). The SMILES string of the molecule is c1ccc(-c2csc(N3CC[NH+](C(c4ccccc4)c4ccccc4)CC3)n2)cc1. The summed E-state index contributed by atoms with van der Waals surface area (Å²) in [6, 6.07) is 32.7. The summed E-state index contributed by atoms with van der Waals surface area (Å²) in [6.45, 7) is 4.28. The van der Waals surface area contributed by atoms with Crippen LogP contribution in [0.3, 0.4) is 0 Å². The van der Waals surface area contributed by atoms with Gasteiger partial charge in [-0.05, 0) is 0 Å². The van der Waals surface area contributed by atoms with Gasteiger partial charge < -0.3 is 9.80 Å². The summed E-state index contributed by atoms with van der Waals surface area (Å²) in [6.07, 6.45) is 0. The molecular formula is C26H26N3S+. The van der Waals surface area contributed by atoms with Crippen molar-refractivity contribution >= 4 is 16.5 Å². The van der Waals surface area contributed by atoms with Crippen molar-refractivity contribution in [2.45, 2.75) is 6.04 Å². The first-order valence-corrected chi connectivity index (χ1v) is 11.5. The van der Waals surface area contributed by atoms with Crippen LogP contribution in [0.15, 0.2) is 96.4 Å². The third-order valence-electron chi connectivity index (χ3n) is 5.91. The fourth-order valence-corrected chi connectivity index (χ4v) is 5.27. The summed E-state index contributed by atoms with van der Waals surface area (Å²) >= 11 is 1.76. The maximum absolute atomic E-state index is 4.93. The number of nitrogens with one attached hydrogen (secondary N) is 1. The monoisotopic (exact) mass is 412 g/mol. The van der Waals surface area contributed by atoms with Crippen LogP contribution in [0, 0.1) is 0 Å².